The summed E-state index contributed by atoms with van der Waals surface area (Å²) in [5.41, 5.74) is 5.36. The molecule has 0 fully saturated rings. The Labute approximate surface area is 83.8 Å². The molecule has 0 aliphatic carbocycles. The quantitative estimate of drug-likeness (QED) is 0.700. The fraction of sp³-hybridized carbons (Fsp3) is 0.286. The summed E-state index contributed by atoms with van der Waals surface area (Å²) in [5, 5.41) is 2.93. The smallest absolute Gasteiger partial charge is 0.273 e. The average Bonchev–Trinajstić information content (AvgIpc) is 2.71. The van der Waals surface area contributed by atoms with Gasteiger partial charge in [0.25, 0.3) is 11.1 Å². The highest BCUT2D eigenvalue weighted by Gasteiger charge is 2.28. The lowest BCUT2D eigenvalue weighted by Crippen LogP contribution is -2.31. The molecular formula is C7H8N4O2S. The van der Waals surface area contributed by atoms with Crippen molar-refractivity contribution < 1.29 is 9.53 Å². The van der Waals surface area contributed by atoms with Gasteiger partial charge in [0.15, 0.2) is 12.0 Å². The second-order valence-corrected chi connectivity index (χ2v) is 3.66. The van der Waals surface area contributed by atoms with Gasteiger partial charge in [0, 0.05) is 6.20 Å². The van der Waals surface area contributed by atoms with Gasteiger partial charge < -0.3 is 10.5 Å². The van der Waals surface area contributed by atoms with Gasteiger partial charge in [-0.1, -0.05) is 11.3 Å². The molecule has 1 unspecified atom stereocenters. The van der Waals surface area contributed by atoms with E-state index in [0.717, 1.165) is 4.88 Å². The predicted molar refractivity (Wildman–Crippen MR) is 51.2 cm³/mol. The molecule has 1 amide bonds. The molecular weight excluding hydrogens is 204 g/mol. The molecule has 0 spiro atoms. The minimum Gasteiger partial charge on any atom is -0.473 e. The number of aromatic nitrogens is 1. The number of aliphatic imine (C=N–C) groups is 1. The Morgan fingerprint density at radius 1 is 1.71 bits per heavy atom. The third-order valence-electron chi connectivity index (χ3n) is 1.71. The number of nitrogens with two attached hydrogens (primary N) is 1. The number of rotatable bonds is 2. The van der Waals surface area contributed by atoms with Crippen LogP contribution in [0, 0.1) is 0 Å². The summed E-state index contributed by atoms with van der Waals surface area (Å²) in [7, 11) is 1.52. The maximum Gasteiger partial charge on any atom is 0.273 e. The molecule has 6 nitrogen and oxygen atoms in total. The van der Waals surface area contributed by atoms with Gasteiger partial charge in [0.05, 0.1) is 12.0 Å². The van der Waals surface area contributed by atoms with Crippen LogP contribution in [0.25, 0.3) is 0 Å². The van der Waals surface area contributed by atoms with Crippen molar-refractivity contribution in [3.8, 4) is 5.19 Å². The zero-order valence-corrected chi connectivity index (χ0v) is 8.17. The van der Waals surface area contributed by atoms with Crippen LogP contribution in [0.4, 0.5) is 0 Å². The van der Waals surface area contributed by atoms with Gasteiger partial charge in [-0.05, 0) is 0 Å². The SMILES string of the molecule is COc1ncc(C2N=C(N)NC2=O)s1. The average molecular weight is 212 g/mol. The van der Waals surface area contributed by atoms with E-state index in [1.807, 2.05) is 0 Å². The first-order chi connectivity index (χ1) is 6.70. The zero-order valence-electron chi connectivity index (χ0n) is 7.35. The molecule has 1 aromatic heterocycles. The van der Waals surface area contributed by atoms with Crippen molar-refractivity contribution in [3.63, 3.8) is 0 Å². The minimum absolute atomic E-state index is 0.146. The number of thiazole rings is 1. The second kappa shape index (κ2) is 3.26. The Kier molecular flexibility index (Phi) is 2.08. The van der Waals surface area contributed by atoms with E-state index in [4.69, 9.17) is 10.5 Å². The van der Waals surface area contributed by atoms with Gasteiger partial charge in [0.1, 0.15) is 0 Å². The van der Waals surface area contributed by atoms with Gasteiger partial charge in [-0.15, -0.1) is 0 Å². The monoisotopic (exact) mass is 212 g/mol. The fourth-order valence-electron chi connectivity index (χ4n) is 1.11. The van der Waals surface area contributed by atoms with Gasteiger partial charge in [-0.2, -0.15) is 0 Å². The molecule has 74 valence electrons. The van der Waals surface area contributed by atoms with E-state index in [-0.39, 0.29) is 11.9 Å². The van der Waals surface area contributed by atoms with Gasteiger partial charge in [-0.3, -0.25) is 10.1 Å². The van der Waals surface area contributed by atoms with Gasteiger partial charge in [0.2, 0.25) is 0 Å². The highest BCUT2D eigenvalue weighted by atomic mass is 32.1. The van der Waals surface area contributed by atoms with E-state index in [0.29, 0.717) is 5.19 Å². The Morgan fingerprint density at radius 2 is 2.50 bits per heavy atom. The third-order valence-corrected chi connectivity index (χ3v) is 2.73. The molecule has 1 aliphatic heterocycles. The van der Waals surface area contributed by atoms with Crippen molar-refractivity contribution in [2.24, 2.45) is 10.7 Å². The summed E-state index contributed by atoms with van der Waals surface area (Å²) in [6.07, 6.45) is 1.57. The number of ether oxygens (including phenoxy) is 1. The molecule has 1 atom stereocenters. The number of hydrogen-bond donors (Lipinski definition) is 2. The van der Waals surface area contributed by atoms with E-state index in [1.54, 1.807) is 6.20 Å². The van der Waals surface area contributed by atoms with E-state index in [2.05, 4.69) is 15.3 Å². The first-order valence-electron chi connectivity index (χ1n) is 3.84. The highest BCUT2D eigenvalue weighted by Crippen LogP contribution is 2.29. The van der Waals surface area contributed by atoms with E-state index < -0.39 is 6.04 Å². The van der Waals surface area contributed by atoms with Crippen LogP contribution in [-0.2, 0) is 4.79 Å². The molecule has 0 saturated carbocycles. The molecule has 0 saturated heterocycles. The predicted octanol–water partition coefficient (Wildman–Crippen LogP) is -0.363. The third kappa shape index (κ3) is 1.41. The lowest BCUT2D eigenvalue weighted by atomic mass is 10.3. The summed E-state index contributed by atoms with van der Waals surface area (Å²) in [5.74, 6) is -0.0823. The van der Waals surface area contributed by atoms with Crippen LogP contribution in [0.5, 0.6) is 5.19 Å². The molecule has 0 radical (unpaired) electrons. The molecule has 7 heteroatoms. The minimum atomic E-state index is -0.573. The summed E-state index contributed by atoms with van der Waals surface area (Å²) >= 11 is 1.28. The van der Waals surface area contributed by atoms with Crippen molar-refractivity contribution in [2.45, 2.75) is 6.04 Å². The number of carbonyl (C=O) groups excluding carboxylic acids is 1. The Morgan fingerprint density at radius 3 is 3.00 bits per heavy atom. The number of methoxy groups -OCH3 is 1. The van der Waals surface area contributed by atoms with Crippen LogP contribution < -0.4 is 15.8 Å². The molecule has 0 bridgehead atoms. The van der Waals surface area contributed by atoms with Crippen molar-refractivity contribution >= 4 is 23.2 Å². The Hall–Kier alpha value is -1.63. The van der Waals surface area contributed by atoms with Crippen LogP contribution in [0.1, 0.15) is 10.9 Å². The Bertz CT molecular complexity index is 400. The lowest BCUT2D eigenvalue weighted by Gasteiger charge is -1.97. The van der Waals surface area contributed by atoms with Crippen LogP contribution in [-0.4, -0.2) is 24.0 Å². The van der Waals surface area contributed by atoms with Crippen molar-refractivity contribution in [1.82, 2.24) is 10.3 Å². The molecule has 3 N–H and O–H groups in total. The van der Waals surface area contributed by atoms with Crippen LogP contribution in [0.15, 0.2) is 11.2 Å². The zero-order chi connectivity index (χ0) is 10.1. The van der Waals surface area contributed by atoms with Crippen LogP contribution in [0.2, 0.25) is 0 Å². The molecule has 1 aliphatic rings. The van der Waals surface area contributed by atoms with Crippen molar-refractivity contribution in [2.75, 3.05) is 7.11 Å². The van der Waals surface area contributed by atoms with E-state index in [9.17, 15) is 4.79 Å². The molecule has 2 rings (SSSR count). The summed E-state index contributed by atoms with van der Waals surface area (Å²) in [4.78, 5) is 19.9. The Balaban J connectivity index is 2.27. The van der Waals surface area contributed by atoms with Gasteiger partial charge >= 0.3 is 0 Å². The van der Waals surface area contributed by atoms with E-state index in [1.165, 1.54) is 18.4 Å². The van der Waals surface area contributed by atoms with Crippen molar-refractivity contribution in [1.29, 1.82) is 0 Å². The van der Waals surface area contributed by atoms with Gasteiger partial charge in [-0.25, -0.2) is 9.98 Å². The standard InChI is InChI=1S/C7H8N4O2S/c1-13-7-9-2-3(14-7)4-5(12)11-6(8)10-4/h2,4H,1H3,(H3,8,10,11,12). The van der Waals surface area contributed by atoms with E-state index >= 15 is 0 Å². The number of guanidine groups is 1. The van der Waals surface area contributed by atoms with Crippen LogP contribution >= 0.6 is 11.3 Å². The number of nitrogens with zero attached hydrogens (tertiary/aromatic N) is 2. The molecule has 2 heterocycles. The maximum absolute atomic E-state index is 11.3. The lowest BCUT2D eigenvalue weighted by molar-refractivity contribution is -0.120. The van der Waals surface area contributed by atoms with Crippen molar-refractivity contribution in [3.05, 3.63) is 11.1 Å². The molecule has 0 aromatic carbocycles. The first-order valence-corrected chi connectivity index (χ1v) is 4.66. The first kappa shape index (κ1) is 8.95. The number of nitrogens with one attached hydrogen (secondary N) is 1. The number of hydrogen-bond acceptors (Lipinski definition) is 6. The summed E-state index contributed by atoms with van der Waals surface area (Å²) in [6.45, 7) is 0. The summed E-state index contributed by atoms with van der Waals surface area (Å²) in [6, 6.07) is -0.573. The van der Waals surface area contributed by atoms with Crippen LogP contribution in [0.3, 0.4) is 0 Å². The topological polar surface area (TPSA) is 89.6 Å². The number of carbonyl (C=O) groups is 1. The second-order valence-electron chi connectivity index (χ2n) is 2.64. The molecule has 14 heavy (non-hydrogen) atoms. The largest absolute Gasteiger partial charge is 0.473 e. The highest BCUT2D eigenvalue weighted by molar-refractivity contribution is 7.13. The maximum atomic E-state index is 11.3. The fourth-order valence-corrected chi connectivity index (χ4v) is 1.88. The molecule has 1 aromatic rings. The normalized spacial score (nSPS) is 20.5. The number of amides is 1. The summed E-state index contributed by atoms with van der Waals surface area (Å²) < 4.78 is 4.91.